The number of ether oxygens (including phenoxy) is 1. The van der Waals surface area contributed by atoms with Crippen molar-refractivity contribution < 1.29 is 14.6 Å². The van der Waals surface area contributed by atoms with Crippen LogP contribution in [0.3, 0.4) is 0 Å². The predicted octanol–water partition coefficient (Wildman–Crippen LogP) is 2.33. The van der Waals surface area contributed by atoms with Gasteiger partial charge in [-0.3, -0.25) is 4.79 Å². The summed E-state index contributed by atoms with van der Waals surface area (Å²) in [5.74, 6) is -0.415. The number of methoxy groups -OCH3 is 1. The van der Waals surface area contributed by atoms with Gasteiger partial charge in [0.15, 0.2) is 0 Å². The second-order valence-electron chi connectivity index (χ2n) is 5.01. The normalized spacial score (nSPS) is 9.83. The Hall–Kier alpha value is -1.40. The SMILES string of the molecule is COc1cc(CC(=O)O)c(N)c(C(=S)c2ccc(C)cc2)c1.[NaH]. The van der Waals surface area contributed by atoms with Crippen LogP contribution in [0.1, 0.15) is 22.3 Å². The number of hydrogen-bond donors (Lipinski definition) is 2. The molecule has 0 amide bonds. The Kier molecular flexibility index (Phi) is 7.22. The first kappa shape index (κ1) is 19.6. The Morgan fingerprint density at radius 1 is 1.26 bits per heavy atom. The first-order valence-electron chi connectivity index (χ1n) is 6.72. The molecule has 2 aromatic rings. The predicted molar refractivity (Wildman–Crippen MR) is 97.9 cm³/mol. The molecule has 0 atom stereocenters. The van der Waals surface area contributed by atoms with Gasteiger partial charge in [-0.05, 0) is 30.2 Å². The number of rotatable bonds is 5. The summed E-state index contributed by atoms with van der Waals surface area (Å²) in [4.78, 5) is 11.6. The molecule has 23 heavy (non-hydrogen) atoms. The molecule has 2 aromatic carbocycles. The van der Waals surface area contributed by atoms with Gasteiger partial charge in [0.1, 0.15) is 5.75 Å². The summed E-state index contributed by atoms with van der Waals surface area (Å²) in [6.07, 6.45) is -0.174. The molecule has 2 rings (SSSR count). The van der Waals surface area contributed by atoms with E-state index >= 15 is 0 Å². The minimum absolute atomic E-state index is 0. The average molecular weight is 339 g/mol. The first-order chi connectivity index (χ1) is 10.4. The van der Waals surface area contributed by atoms with Gasteiger partial charge in [0.2, 0.25) is 0 Å². The van der Waals surface area contributed by atoms with Crippen LogP contribution in [0, 0.1) is 6.92 Å². The summed E-state index contributed by atoms with van der Waals surface area (Å²) in [5, 5.41) is 9.00. The Balaban J connectivity index is 0.00000264. The van der Waals surface area contributed by atoms with Gasteiger partial charge in [-0.1, -0.05) is 42.0 Å². The topological polar surface area (TPSA) is 72.5 Å². The molecule has 0 aliphatic rings. The standard InChI is InChI=1S/C17H17NO3S.Na.H/c1-10-3-5-11(6-4-10)17(22)14-9-13(21-2)7-12(16(14)18)8-15(19)20;;/h3-7,9H,8,18H2,1-2H3,(H,19,20);;. The monoisotopic (exact) mass is 339 g/mol. The van der Waals surface area contributed by atoms with Gasteiger partial charge in [0.25, 0.3) is 0 Å². The van der Waals surface area contributed by atoms with Crippen molar-refractivity contribution >= 4 is 58.3 Å². The molecule has 0 radical (unpaired) electrons. The molecule has 0 saturated heterocycles. The number of hydrogen-bond acceptors (Lipinski definition) is 4. The van der Waals surface area contributed by atoms with Crippen molar-refractivity contribution in [2.75, 3.05) is 12.8 Å². The van der Waals surface area contributed by atoms with Gasteiger partial charge in [0.05, 0.1) is 18.4 Å². The van der Waals surface area contributed by atoms with Crippen LogP contribution >= 0.6 is 12.2 Å². The molecule has 0 aliphatic heterocycles. The van der Waals surface area contributed by atoms with E-state index in [1.165, 1.54) is 7.11 Å². The van der Waals surface area contributed by atoms with E-state index in [1.807, 2.05) is 31.2 Å². The van der Waals surface area contributed by atoms with Crippen molar-refractivity contribution in [1.29, 1.82) is 0 Å². The maximum atomic E-state index is 11.0. The van der Waals surface area contributed by atoms with E-state index in [2.05, 4.69) is 0 Å². The van der Waals surface area contributed by atoms with Gasteiger partial charge in [-0.25, -0.2) is 0 Å². The van der Waals surface area contributed by atoms with E-state index in [9.17, 15) is 4.79 Å². The molecule has 0 aliphatic carbocycles. The number of nitrogens with two attached hydrogens (primary N) is 1. The molecule has 0 bridgehead atoms. The summed E-state index contributed by atoms with van der Waals surface area (Å²) in [5.41, 5.74) is 9.62. The Morgan fingerprint density at radius 3 is 2.39 bits per heavy atom. The summed E-state index contributed by atoms with van der Waals surface area (Å²) in [7, 11) is 1.52. The van der Waals surface area contributed by atoms with Crippen LogP contribution in [0.25, 0.3) is 0 Å². The fraction of sp³-hybridized carbons (Fsp3) is 0.176. The van der Waals surface area contributed by atoms with Crippen LogP contribution in [0.5, 0.6) is 5.75 Å². The molecule has 0 saturated carbocycles. The van der Waals surface area contributed by atoms with Gasteiger partial charge in [-0.15, -0.1) is 0 Å². The van der Waals surface area contributed by atoms with Crippen molar-refractivity contribution in [3.63, 3.8) is 0 Å². The summed E-state index contributed by atoms with van der Waals surface area (Å²) in [6.45, 7) is 2.00. The van der Waals surface area contributed by atoms with E-state index in [-0.39, 0.29) is 36.0 Å². The van der Waals surface area contributed by atoms with Gasteiger partial charge in [0, 0.05) is 11.3 Å². The summed E-state index contributed by atoms with van der Waals surface area (Å²) in [6, 6.07) is 11.2. The molecular formula is C17H18NNaO3S. The molecule has 116 valence electrons. The van der Waals surface area contributed by atoms with Crippen LogP contribution in [-0.4, -0.2) is 52.6 Å². The molecule has 0 aromatic heterocycles. The van der Waals surface area contributed by atoms with Crippen LogP contribution in [0.2, 0.25) is 0 Å². The quantitative estimate of drug-likeness (QED) is 0.379. The third kappa shape index (κ3) is 4.78. The zero-order chi connectivity index (χ0) is 16.3. The van der Waals surface area contributed by atoms with Crippen molar-refractivity contribution in [2.45, 2.75) is 13.3 Å². The van der Waals surface area contributed by atoms with Crippen LogP contribution < -0.4 is 10.5 Å². The molecule has 0 heterocycles. The summed E-state index contributed by atoms with van der Waals surface area (Å²) < 4.78 is 5.23. The Bertz CT molecular complexity index is 729. The molecule has 6 heteroatoms. The number of nitrogen functional groups attached to an aromatic ring is 1. The molecular weight excluding hydrogens is 321 g/mol. The fourth-order valence-electron chi connectivity index (χ4n) is 2.16. The van der Waals surface area contributed by atoms with Crippen molar-refractivity contribution in [3.05, 3.63) is 58.7 Å². The molecule has 0 spiro atoms. The average Bonchev–Trinajstić information content (AvgIpc) is 2.49. The number of carbonyl (C=O) groups is 1. The summed E-state index contributed by atoms with van der Waals surface area (Å²) >= 11 is 5.52. The van der Waals surface area contributed by atoms with E-state index in [4.69, 9.17) is 27.8 Å². The zero-order valence-electron chi connectivity index (χ0n) is 12.4. The van der Waals surface area contributed by atoms with E-state index in [0.29, 0.717) is 27.4 Å². The van der Waals surface area contributed by atoms with Gasteiger partial charge >= 0.3 is 35.5 Å². The molecule has 3 N–H and O–H groups in total. The Morgan fingerprint density at radius 2 is 1.87 bits per heavy atom. The first-order valence-corrected chi connectivity index (χ1v) is 7.12. The number of benzene rings is 2. The van der Waals surface area contributed by atoms with Crippen molar-refractivity contribution in [2.24, 2.45) is 0 Å². The molecule has 0 fully saturated rings. The minimum atomic E-state index is -0.952. The zero-order valence-corrected chi connectivity index (χ0v) is 13.2. The van der Waals surface area contributed by atoms with Crippen molar-refractivity contribution in [3.8, 4) is 5.75 Å². The molecule has 0 unspecified atom stereocenters. The number of carboxylic acid groups (broad SMARTS) is 1. The second kappa shape index (κ2) is 8.45. The second-order valence-corrected chi connectivity index (χ2v) is 5.42. The van der Waals surface area contributed by atoms with Gasteiger partial charge < -0.3 is 15.6 Å². The fourth-order valence-corrected chi connectivity index (χ4v) is 2.46. The number of aryl methyl sites for hydroxylation is 1. The third-order valence-electron chi connectivity index (χ3n) is 3.37. The molecule has 4 nitrogen and oxygen atoms in total. The van der Waals surface area contributed by atoms with Crippen LogP contribution in [0.4, 0.5) is 5.69 Å². The number of anilines is 1. The van der Waals surface area contributed by atoms with Crippen LogP contribution in [0.15, 0.2) is 36.4 Å². The maximum absolute atomic E-state index is 11.0. The van der Waals surface area contributed by atoms with Crippen molar-refractivity contribution in [1.82, 2.24) is 0 Å². The third-order valence-corrected chi connectivity index (χ3v) is 3.83. The number of carboxylic acids is 1. The number of thiocarbonyl (C=S) groups is 1. The number of aliphatic carboxylic acids is 1. The van der Waals surface area contributed by atoms with E-state index < -0.39 is 5.97 Å². The van der Waals surface area contributed by atoms with Crippen LogP contribution in [-0.2, 0) is 11.2 Å². The van der Waals surface area contributed by atoms with E-state index in [0.717, 1.165) is 11.1 Å². The van der Waals surface area contributed by atoms with Gasteiger partial charge in [-0.2, -0.15) is 0 Å². The Labute approximate surface area is 162 Å². The van der Waals surface area contributed by atoms with E-state index in [1.54, 1.807) is 12.1 Å².